The van der Waals surface area contributed by atoms with E-state index in [0.717, 1.165) is 36.8 Å². The van der Waals surface area contributed by atoms with Gasteiger partial charge in [0.15, 0.2) is 0 Å². The smallest absolute Gasteiger partial charge is 0.134 e. The average Bonchev–Trinajstić information content (AvgIpc) is 3.01. The molecule has 0 radical (unpaired) electrons. The zero-order valence-corrected chi connectivity index (χ0v) is 9.69. The van der Waals surface area contributed by atoms with E-state index in [1.165, 1.54) is 12.8 Å². The maximum Gasteiger partial charge on any atom is 0.134 e. The van der Waals surface area contributed by atoms with Crippen LogP contribution < -0.4 is 10.6 Å². The van der Waals surface area contributed by atoms with Crippen LogP contribution in [-0.4, -0.2) is 29.1 Å². The fourth-order valence-corrected chi connectivity index (χ4v) is 2.26. The van der Waals surface area contributed by atoms with Crippen LogP contribution in [0.5, 0.6) is 0 Å². The number of aromatic nitrogens is 2. The highest BCUT2D eigenvalue weighted by molar-refractivity contribution is 5.42. The molecule has 4 heteroatoms. The standard InChI is InChI=1S/C12H18N4/c1-8-6-11(16-5-4-10(13)7-16)15-12(14-8)9-2-3-9/h6,9-10H,2-5,7,13H2,1H3/t10-/m1/s1. The largest absolute Gasteiger partial charge is 0.355 e. The number of anilines is 1. The Balaban J connectivity index is 1.88. The van der Waals surface area contributed by atoms with Crippen LogP contribution in [0, 0.1) is 6.92 Å². The minimum atomic E-state index is 0.305. The summed E-state index contributed by atoms with van der Waals surface area (Å²) in [6.07, 6.45) is 3.58. The molecule has 2 heterocycles. The van der Waals surface area contributed by atoms with E-state index in [2.05, 4.69) is 20.9 Å². The van der Waals surface area contributed by atoms with Gasteiger partial charge in [-0.25, -0.2) is 9.97 Å². The van der Waals surface area contributed by atoms with Gasteiger partial charge in [0.25, 0.3) is 0 Å². The van der Waals surface area contributed by atoms with Crippen LogP contribution in [-0.2, 0) is 0 Å². The van der Waals surface area contributed by atoms with Crippen molar-refractivity contribution in [3.8, 4) is 0 Å². The topological polar surface area (TPSA) is 55.0 Å². The van der Waals surface area contributed by atoms with Crippen molar-refractivity contribution < 1.29 is 0 Å². The zero-order chi connectivity index (χ0) is 11.1. The summed E-state index contributed by atoms with van der Waals surface area (Å²) in [6.45, 7) is 4.01. The molecule has 1 atom stereocenters. The third-order valence-corrected chi connectivity index (χ3v) is 3.35. The molecule has 0 unspecified atom stereocenters. The lowest BCUT2D eigenvalue weighted by Crippen LogP contribution is -2.27. The van der Waals surface area contributed by atoms with Gasteiger partial charge < -0.3 is 10.6 Å². The molecule has 3 rings (SSSR count). The summed E-state index contributed by atoms with van der Waals surface area (Å²) >= 11 is 0. The summed E-state index contributed by atoms with van der Waals surface area (Å²) in [5, 5.41) is 0. The molecule has 1 aromatic heterocycles. The molecule has 0 spiro atoms. The molecule has 1 aromatic rings. The average molecular weight is 218 g/mol. The van der Waals surface area contributed by atoms with Gasteiger partial charge in [0.05, 0.1) is 0 Å². The molecule has 0 amide bonds. The van der Waals surface area contributed by atoms with Crippen LogP contribution in [0.1, 0.15) is 36.7 Å². The predicted octanol–water partition coefficient (Wildman–Crippen LogP) is 1.20. The van der Waals surface area contributed by atoms with Crippen molar-refractivity contribution in [1.82, 2.24) is 9.97 Å². The number of rotatable bonds is 2. The summed E-state index contributed by atoms with van der Waals surface area (Å²) in [4.78, 5) is 11.5. The van der Waals surface area contributed by atoms with Crippen molar-refractivity contribution >= 4 is 5.82 Å². The van der Waals surface area contributed by atoms with Crippen molar-refractivity contribution in [3.05, 3.63) is 17.6 Å². The predicted molar refractivity (Wildman–Crippen MR) is 63.5 cm³/mol. The van der Waals surface area contributed by atoms with Crippen molar-refractivity contribution in [1.29, 1.82) is 0 Å². The third kappa shape index (κ3) is 1.89. The van der Waals surface area contributed by atoms with Crippen LogP contribution in [0.2, 0.25) is 0 Å². The van der Waals surface area contributed by atoms with Crippen LogP contribution in [0.25, 0.3) is 0 Å². The second kappa shape index (κ2) is 3.70. The lowest BCUT2D eigenvalue weighted by Gasteiger charge is -2.17. The molecular weight excluding hydrogens is 200 g/mol. The first-order valence-electron chi connectivity index (χ1n) is 6.08. The van der Waals surface area contributed by atoms with E-state index in [1.807, 2.05) is 6.92 Å². The summed E-state index contributed by atoms with van der Waals surface area (Å²) in [5.41, 5.74) is 7.00. The van der Waals surface area contributed by atoms with Crippen LogP contribution in [0.15, 0.2) is 6.07 Å². The van der Waals surface area contributed by atoms with E-state index in [9.17, 15) is 0 Å². The van der Waals surface area contributed by atoms with Gasteiger partial charge in [-0.05, 0) is 26.2 Å². The number of hydrogen-bond acceptors (Lipinski definition) is 4. The summed E-state index contributed by atoms with van der Waals surface area (Å²) < 4.78 is 0. The number of hydrogen-bond donors (Lipinski definition) is 1. The van der Waals surface area contributed by atoms with Gasteiger partial charge in [0, 0.05) is 36.8 Å². The summed E-state index contributed by atoms with van der Waals surface area (Å²) in [5.74, 6) is 2.73. The second-order valence-corrected chi connectivity index (χ2v) is 4.99. The molecule has 1 saturated heterocycles. The molecule has 16 heavy (non-hydrogen) atoms. The Morgan fingerprint density at radius 3 is 2.75 bits per heavy atom. The van der Waals surface area contributed by atoms with Gasteiger partial charge in [-0.1, -0.05) is 0 Å². The van der Waals surface area contributed by atoms with Gasteiger partial charge in [-0.2, -0.15) is 0 Å². The summed E-state index contributed by atoms with van der Waals surface area (Å²) in [6, 6.07) is 2.38. The Morgan fingerprint density at radius 1 is 1.31 bits per heavy atom. The molecule has 86 valence electrons. The van der Waals surface area contributed by atoms with E-state index < -0.39 is 0 Å². The van der Waals surface area contributed by atoms with E-state index in [4.69, 9.17) is 5.73 Å². The quantitative estimate of drug-likeness (QED) is 0.810. The molecule has 2 N–H and O–H groups in total. The van der Waals surface area contributed by atoms with Crippen molar-refractivity contribution in [2.24, 2.45) is 5.73 Å². The lowest BCUT2D eigenvalue weighted by molar-refractivity contribution is 0.750. The Kier molecular flexibility index (Phi) is 2.32. The van der Waals surface area contributed by atoms with Gasteiger partial charge >= 0.3 is 0 Å². The highest BCUT2D eigenvalue weighted by atomic mass is 15.2. The highest BCUT2D eigenvalue weighted by Crippen LogP contribution is 2.38. The fourth-order valence-electron chi connectivity index (χ4n) is 2.26. The van der Waals surface area contributed by atoms with Crippen LogP contribution in [0.4, 0.5) is 5.82 Å². The Morgan fingerprint density at radius 2 is 2.12 bits per heavy atom. The van der Waals surface area contributed by atoms with E-state index in [-0.39, 0.29) is 0 Å². The zero-order valence-electron chi connectivity index (χ0n) is 9.69. The first kappa shape index (κ1) is 10.0. The lowest BCUT2D eigenvalue weighted by atomic mass is 10.3. The van der Waals surface area contributed by atoms with Gasteiger partial charge in [-0.15, -0.1) is 0 Å². The molecule has 1 aliphatic carbocycles. The van der Waals surface area contributed by atoms with Gasteiger partial charge in [-0.3, -0.25) is 0 Å². The first-order chi connectivity index (χ1) is 7.72. The minimum absolute atomic E-state index is 0.305. The maximum absolute atomic E-state index is 5.93. The molecule has 1 aliphatic heterocycles. The van der Waals surface area contributed by atoms with Gasteiger partial charge in [0.2, 0.25) is 0 Å². The Bertz CT molecular complexity index is 400. The number of nitrogens with zero attached hydrogens (tertiary/aromatic N) is 3. The van der Waals surface area contributed by atoms with E-state index >= 15 is 0 Å². The van der Waals surface area contributed by atoms with E-state index in [0.29, 0.717) is 12.0 Å². The fraction of sp³-hybridized carbons (Fsp3) is 0.667. The second-order valence-electron chi connectivity index (χ2n) is 4.99. The van der Waals surface area contributed by atoms with Gasteiger partial charge in [0.1, 0.15) is 11.6 Å². The molecule has 4 nitrogen and oxygen atoms in total. The van der Waals surface area contributed by atoms with Crippen molar-refractivity contribution in [3.63, 3.8) is 0 Å². The highest BCUT2D eigenvalue weighted by Gasteiger charge is 2.28. The van der Waals surface area contributed by atoms with Crippen LogP contribution in [0.3, 0.4) is 0 Å². The third-order valence-electron chi connectivity index (χ3n) is 3.35. The molecule has 2 aliphatic rings. The van der Waals surface area contributed by atoms with E-state index in [1.54, 1.807) is 0 Å². The molecular formula is C12H18N4. The summed E-state index contributed by atoms with van der Waals surface area (Å²) in [7, 11) is 0. The minimum Gasteiger partial charge on any atom is -0.355 e. The monoisotopic (exact) mass is 218 g/mol. The SMILES string of the molecule is Cc1cc(N2CC[C@@H](N)C2)nc(C2CC2)n1. The molecule has 0 bridgehead atoms. The number of nitrogens with two attached hydrogens (primary N) is 1. The first-order valence-corrected chi connectivity index (χ1v) is 6.08. The molecule has 1 saturated carbocycles. The van der Waals surface area contributed by atoms with Crippen molar-refractivity contribution in [2.45, 2.75) is 38.1 Å². The normalized spacial score (nSPS) is 25.1. The molecule has 2 fully saturated rings. The maximum atomic E-state index is 5.93. The Labute approximate surface area is 95.9 Å². The molecule has 0 aromatic carbocycles. The Hall–Kier alpha value is -1.16. The van der Waals surface area contributed by atoms with Crippen LogP contribution >= 0.6 is 0 Å². The van der Waals surface area contributed by atoms with Crippen molar-refractivity contribution in [2.75, 3.05) is 18.0 Å². The number of aryl methyl sites for hydroxylation is 1.